The quantitative estimate of drug-likeness (QED) is 0.825. The van der Waals surface area contributed by atoms with Crippen molar-refractivity contribution in [2.45, 2.75) is 57.8 Å². The van der Waals surface area contributed by atoms with Crippen molar-refractivity contribution in [1.29, 1.82) is 0 Å². The fraction of sp³-hybridized carbons (Fsp3) is 0.571. The predicted octanol–water partition coefficient (Wildman–Crippen LogP) is 3.68. The van der Waals surface area contributed by atoms with Crippen LogP contribution in [0.2, 0.25) is 0 Å². The number of hydrogen-bond donors (Lipinski definition) is 2. The number of nitrogens with zero attached hydrogens (tertiary/aromatic N) is 1. The minimum Gasteiger partial charge on any atom is -0.481 e. The first-order valence-corrected chi connectivity index (χ1v) is 9.93. The summed E-state index contributed by atoms with van der Waals surface area (Å²) >= 11 is 0. The van der Waals surface area contributed by atoms with Gasteiger partial charge in [-0.3, -0.25) is 14.4 Å². The number of amides is 2. The van der Waals surface area contributed by atoms with Gasteiger partial charge in [-0.1, -0.05) is 31.4 Å². The highest BCUT2D eigenvalue weighted by atomic mass is 16.4. The number of aliphatic carboxylic acids is 1. The Morgan fingerprint density at radius 2 is 1.59 bits per heavy atom. The number of carboxylic acids is 1. The predicted molar refractivity (Wildman–Crippen MR) is 103 cm³/mol. The molecule has 2 N–H and O–H groups in total. The topological polar surface area (TPSA) is 86.7 Å². The average Bonchev–Trinajstić information content (AvgIpc) is 2.69. The number of rotatable bonds is 5. The Hall–Kier alpha value is -2.37. The number of anilines is 1. The zero-order valence-corrected chi connectivity index (χ0v) is 15.7. The molecule has 0 spiro atoms. The zero-order chi connectivity index (χ0) is 19.3. The Balaban J connectivity index is 1.72. The number of carboxylic acid groups (broad SMARTS) is 1. The molecular formula is C21H28N2O4. The first kappa shape index (κ1) is 19.4. The maximum absolute atomic E-state index is 12.8. The summed E-state index contributed by atoms with van der Waals surface area (Å²) in [7, 11) is 0. The third kappa shape index (κ3) is 4.49. The molecule has 0 radical (unpaired) electrons. The molecule has 0 atom stereocenters. The van der Waals surface area contributed by atoms with E-state index in [1.54, 1.807) is 24.3 Å². The molecule has 6 heteroatoms. The van der Waals surface area contributed by atoms with E-state index in [-0.39, 0.29) is 18.2 Å². The van der Waals surface area contributed by atoms with E-state index in [0.29, 0.717) is 24.1 Å². The lowest BCUT2D eigenvalue weighted by Gasteiger charge is -2.32. The fourth-order valence-electron chi connectivity index (χ4n) is 4.24. The lowest BCUT2D eigenvalue weighted by atomic mass is 9.71. The molecule has 1 aromatic rings. The molecule has 3 rings (SSSR count). The molecule has 2 aliphatic rings. The highest BCUT2D eigenvalue weighted by molar-refractivity contribution is 6.04. The second kappa shape index (κ2) is 8.55. The second-order valence-corrected chi connectivity index (χ2v) is 7.77. The summed E-state index contributed by atoms with van der Waals surface area (Å²) in [4.78, 5) is 39.1. The Labute approximate surface area is 159 Å². The molecule has 1 saturated carbocycles. The zero-order valence-electron chi connectivity index (χ0n) is 15.7. The molecule has 146 valence electrons. The summed E-state index contributed by atoms with van der Waals surface area (Å²) < 4.78 is 0. The summed E-state index contributed by atoms with van der Waals surface area (Å²) in [6.07, 6.45) is 6.85. The van der Waals surface area contributed by atoms with Crippen LogP contribution in [0.4, 0.5) is 5.69 Å². The van der Waals surface area contributed by atoms with Gasteiger partial charge in [0.25, 0.3) is 5.91 Å². The molecule has 0 aromatic heterocycles. The molecule has 2 fully saturated rings. The van der Waals surface area contributed by atoms with E-state index in [1.165, 1.54) is 0 Å². The molecule has 1 aromatic carbocycles. The van der Waals surface area contributed by atoms with Gasteiger partial charge in [0.1, 0.15) is 0 Å². The van der Waals surface area contributed by atoms with Gasteiger partial charge >= 0.3 is 5.97 Å². The van der Waals surface area contributed by atoms with Crippen molar-refractivity contribution in [1.82, 2.24) is 4.90 Å². The van der Waals surface area contributed by atoms with Crippen LogP contribution in [0.25, 0.3) is 0 Å². The summed E-state index contributed by atoms with van der Waals surface area (Å²) in [6, 6.07) is 6.99. The van der Waals surface area contributed by atoms with Crippen LogP contribution in [0.1, 0.15) is 68.1 Å². The maximum atomic E-state index is 12.8. The van der Waals surface area contributed by atoms with E-state index < -0.39 is 11.4 Å². The number of para-hydroxylation sites is 1. The second-order valence-electron chi connectivity index (χ2n) is 7.77. The van der Waals surface area contributed by atoms with Gasteiger partial charge in [0.2, 0.25) is 5.91 Å². The Morgan fingerprint density at radius 1 is 0.963 bits per heavy atom. The number of likely N-dealkylation sites (tertiary alicyclic amines) is 1. The molecule has 0 unspecified atom stereocenters. The minimum absolute atomic E-state index is 0.0471. The number of nitrogens with one attached hydrogen (secondary N) is 1. The lowest BCUT2D eigenvalue weighted by molar-refractivity contribution is -0.153. The van der Waals surface area contributed by atoms with Crippen LogP contribution in [-0.4, -0.2) is 40.9 Å². The Bertz CT molecular complexity index is 704. The summed E-state index contributed by atoms with van der Waals surface area (Å²) in [5.74, 6) is -1.30. The number of carbonyl (C=O) groups excluding carboxylic acids is 2. The van der Waals surface area contributed by atoms with Crippen molar-refractivity contribution in [3.63, 3.8) is 0 Å². The third-order valence-corrected chi connectivity index (χ3v) is 5.84. The van der Waals surface area contributed by atoms with Crippen molar-refractivity contribution in [2.24, 2.45) is 5.41 Å². The first-order chi connectivity index (χ1) is 13.0. The molecule has 1 aliphatic carbocycles. The van der Waals surface area contributed by atoms with Crippen molar-refractivity contribution in [3.8, 4) is 0 Å². The Morgan fingerprint density at radius 3 is 2.26 bits per heavy atom. The van der Waals surface area contributed by atoms with Crippen molar-refractivity contribution >= 4 is 23.5 Å². The van der Waals surface area contributed by atoms with Gasteiger partial charge in [0.05, 0.1) is 16.7 Å². The monoisotopic (exact) mass is 372 g/mol. The molecule has 27 heavy (non-hydrogen) atoms. The fourth-order valence-corrected chi connectivity index (χ4v) is 4.24. The SMILES string of the molecule is O=C(CC1(C(=O)O)CCCCC1)Nc1ccccc1C(=O)N1CCCCC1. The van der Waals surface area contributed by atoms with Gasteiger partial charge in [0, 0.05) is 19.5 Å². The first-order valence-electron chi connectivity index (χ1n) is 9.93. The van der Waals surface area contributed by atoms with Crippen LogP contribution < -0.4 is 5.32 Å². The number of carbonyl (C=O) groups is 3. The molecule has 2 amide bonds. The summed E-state index contributed by atoms with van der Waals surface area (Å²) in [5.41, 5.74) is -0.0380. The maximum Gasteiger partial charge on any atom is 0.310 e. The van der Waals surface area contributed by atoms with Gasteiger partial charge in [0.15, 0.2) is 0 Å². The normalized spacial score (nSPS) is 19.3. The van der Waals surface area contributed by atoms with Gasteiger partial charge in [-0.25, -0.2) is 0 Å². The van der Waals surface area contributed by atoms with E-state index in [9.17, 15) is 19.5 Å². The van der Waals surface area contributed by atoms with E-state index >= 15 is 0 Å². The summed E-state index contributed by atoms with van der Waals surface area (Å²) in [6.45, 7) is 1.48. The van der Waals surface area contributed by atoms with Gasteiger partial charge in [-0.05, 0) is 44.2 Å². The largest absolute Gasteiger partial charge is 0.481 e. The average molecular weight is 372 g/mol. The van der Waals surface area contributed by atoms with Crippen molar-refractivity contribution < 1.29 is 19.5 Å². The highest BCUT2D eigenvalue weighted by Crippen LogP contribution is 2.40. The van der Waals surface area contributed by atoms with Crippen LogP contribution in [-0.2, 0) is 9.59 Å². The van der Waals surface area contributed by atoms with E-state index in [2.05, 4.69) is 5.32 Å². The molecule has 1 heterocycles. The van der Waals surface area contributed by atoms with Crippen LogP contribution >= 0.6 is 0 Å². The Kier molecular flexibility index (Phi) is 6.14. The molecule has 6 nitrogen and oxygen atoms in total. The van der Waals surface area contributed by atoms with Crippen LogP contribution in [0.15, 0.2) is 24.3 Å². The smallest absolute Gasteiger partial charge is 0.310 e. The number of hydrogen-bond acceptors (Lipinski definition) is 3. The lowest BCUT2D eigenvalue weighted by Crippen LogP contribution is -2.38. The molecular weight excluding hydrogens is 344 g/mol. The van der Waals surface area contributed by atoms with E-state index in [4.69, 9.17) is 0 Å². The van der Waals surface area contributed by atoms with E-state index in [0.717, 1.165) is 51.6 Å². The standard InChI is InChI=1S/C21H28N2O4/c24-18(15-21(20(26)27)11-5-1-6-12-21)22-17-10-4-3-9-16(17)19(25)23-13-7-2-8-14-23/h3-4,9-10H,1-2,5-8,11-15H2,(H,22,24)(H,26,27). The summed E-state index contributed by atoms with van der Waals surface area (Å²) in [5, 5.41) is 12.5. The van der Waals surface area contributed by atoms with Gasteiger partial charge in [-0.15, -0.1) is 0 Å². The third-order valence-electron chi connectivity index (χ3n) is 5.84. The highest BCUT2D eigenvalue weighted by Gasteiger charge is 2.41. The van der Waals surface area contributed by atoms with E-state index in [1.807, 2.05) is 4.90 Å². The molecule has 1 saturated heterocycles. The van der Waals surface area contributed by atoms with Crippen LogP contribution in [0.3, 0.4) is 0 Å². The minimum atomic E-state index is -0.978. The molecule has 0 bridgehead atoms. The van der Waals surface area contributed by atoms with Crippen LogP contribution in [0, 0.1) is 5.41 Å². The van der Waals surface area contributed by atoms with Crippen LogP contribution in [0.5, 0.6) is 0 Å². The number of benzene rings is 1. The number of piperidine rings is 1. The van der Waals surface area contributed by atoms with Crippen molar-refractivity contribution in [3.05, 3.63) is 29.8 Å². The molecule has 1 aliphatic heterocycles. The van der Waals surface area contributed by atoms with Gasteiger partial charge in [-0.2, -0.15) is 0 Å². The van der Waals surface area contributed by atoms with Gasteiger partial charge < -0.3 is 15.3 Å². The van der Waals surface area contributed by atoms with Crippen molar-refractivity contribution in [2.75, 3.05) is 18.4 Å².